The van der Waals surface area contributed by atoms with Crippen LogP contribution >= 0.6 is 0 Å². The highest BCUT2D eigenvalue weighted by Crippen LogP contribution is 2.21. The standard InChI is InChI=1S/C32H42N4O3/c1-22(2)25-10-6-9-24(14-25)20-34-21-31(37)30-16-23-8-7-11-29(15-23)39-13-5-4-12-35-28-18-26(32(38)36-30)17-27(19-28)33-3/h6-11,14-15,17-19,22,30-31,33-35,37H,4-5,12-13,16,20-21H2,1-3H3,(H,36,38)/t30-,31+/m0/s1. The summed E-state index contributed by atoms with van der Waals surface area (Å²) < 4.78 is 5.98. The quantitative estimate of drug-likeness (QED) is 0.298. The molecule has 0 aliphatic carbocycles. The number of carbonyl (C=O) groups is 1. The van der Waals surface area contributed by atoms with Crippen molar-refractivity contribution in [3.63, 3.8) is 0 Å². The first kappa shape index (κ1) is 28.5. The van der Waals surface area contributed by atoms with Crippen LogP contribution in [0.15, 0.2) is 66.7 Å². The van der Waals surface area contributed by atoms with Crippen molar-refractivity contribution < 1.29 is 14.6 Å². The van der Waals surface area contributed by atoms with Crippen LogP contribution in [-0.2, 0) is 13.0 Å². The van der Waals surface area contributed by atoms with Crippen molar-refractivity contribution in [2.75, 3.05) is 37.4 Å². The molecule has 2 atom stereocenters. The number of anilines is 2. The molecule has 0 aromatic heterocycles. The normalized spacial score (nSPS) is 17.1. The molecule has 5 N–H and O–H groups in total. The van der Waals surface area contributed by atoms with Crippen LogP contribution in [0.25, 0.3) is 0 Å². The minimum Gasteiger partial charge on any atom is -0.494 e. The average Bonchev–Trinajstić information content (AvgIpc) is 2.94. The lowest BCUT2D eigenvalue weighted by molar-refractivity contribution is 0.0830. The van der Waals surface area contributed by atoms with Crippen molar-refractivity contribution in [2.45, 2.75) is 57.7 Å². The second-order valence-electron chi connectivity index (χ2n) is 10.6. The van der Waals surface area contributed by atoms with Gasteiger partial charge in [0, 0.05) is 43.6 Å². The molecule has 0 radical (unpaired) electrons. The first-order valence-electron chi connectivity index (χ1n) is 14.0. The van der Waals surface area contributed by atoms with Gasteiger partial charge in [0.15, 0.2) is 0 Å². The van der Waals surface area contributed by atoms with Crippen LogP contribution in [0.3, 0.4) is 0 Å². The second kappa shape index (κ2) is 14.0. The van der Waals surface area contributed by atoms with Crippen LogP contribution in [0.5, 0.6) is 5.75 Å². The number of nitrogens with one attached hydrogen (secondary N) is 4. The van der Waals surface area contributed by atoms with E-state index in [0.717, 1.165) is 42.1 Å². The Morgan fingerprint density at radius 2 is 1.90 bits per heavy atom. The molecule has 7 heteroatoms. The average molecular weight is 531 g/mol. The molecule has 0 saturated carbocycles. The van der Waals surface area contributed by atoms with Gasteiger partial charge in [-0.25, -0.2) is 0 Å². The molecular formula is C32H42N4O3. The molecule has 208 valence electrons. The predicted octanol–water partition coefficient (Wildman–Crippen LogP) is 4.93. The summed E-state index contributed by atoms with van der Waals surface area (Å²) in [5.74, 6) is 1.04. The number of ether oxygens (including phenoxy) is 1. The number of fused-ring (bicyclic) bond motifs is 4. The van der Waals surface area contributed by atoms with Gasteiger partial charge in [-0.3, -0.25) is 4.79 Å². The minimum atomic E-state index is -0.796. The number of hydrogen-bond acceptors (Lipinski definition) is 6. The first-order chi connectivity index (χ1) is 18.9. The van der Waals surface area contributed by atoms with Crippen LogP contribution in [-0.4, -0.2) is 49.9 Å². The zero-order valence-electron chi connectivity index (χ0n) is 23.3. The third-order valence-corrected chi connectivity index (χ3v) is 7.09. The lowest BCUT2D eigenvalue weighted by Crippen LogP contribution is -2.48. The Labute approximate surface area is 232 Å². The minimum absolute atomic E-state index is 0.219. The number of rotatable bonds is 7. The molecular weight excluding hydrogens is 488 g/mol. The molecule has 1 amide bonds. The summed E-state index contributed by atoms with van der Waals surface area (Å²) in [6, 6.07) is 21.6. The van der Waals surface area contributed by atoms with Crippen molar-refractivity contribution >= 4 is 17.3 Å². The van der Waals surface area contributed by atoms with Crippen molar-refractivity contribution in [3.8, 4) is 5.75 Å². The highest BCUT2D eigenvalue weighted by Gasteiger charge is 2.23. The summed E-state index contributed by atoms with van der Waals surface area (Å²) in [5.41, 5.74) is 5.74. The number of aliphatic hydroxyl groups is 1. The molecule has 3 aromatic rings. The van der Waals surface area contributed by atoms with E-state index >= 15 is 0 Å². The maximum Gasteiger partial charge on any atom is 0.251 e. The molecule has 1 aliphatic rings. The molecule has 0 unspecified atom stereocenters. The maximum atomic E-state index is 13.5. The van der Waals surface area contributed by atoms with Crippen molar-refractivity contribution in [3.05, 3.63) is 89.0 Å². The number of carbonyl (C=O) groups excluding carboxylic acids is 1. The summed E-state index contributed by atoms with van der Waals surface area (Å²) >= 11 is 0. The third-order valence-electron chi connectivity index (χ3n) is 7.09. The van der Waals surface area contributed by atoms with Crippen LogP contribution in [0.1, 0.15) is 59.7 Å². The van der Waals surface area contributed by atoms with Gasteiger partial charge < -0.3 is 31.1 Å². The first-order valence-corrected chi connectivity index (χ1v) is 14.0. The predicted molar refractivity (Wildman–Crippen MR) is 159 cm³/mol. The van der Waals surface area contributed by atoms with Gasteiger partial charge in [0.2, 0.25) is 0 Å². The van der Waals surface area contributed by atoms with E-state index < -0.39 is 12.1 Å². The smallest absolute Gasteiger partial charge is 0.251 e. The number of aliphatic hydroxyl groups excluding tert-OH is 1. The fourth-order valence-corrected chi connectivity index (χ4v) is 4.77. The Bertz CT molecular complexity index is 1230. The topological polar surface area (TPSA) is 94.7 Å². The molecule has 4 bridgehead atoms. The van der Waals surface area contributed by atoms with E-state index in [4.69, 9.17) is 4.74 Å². The SMILES string of the molecule is CNc1cc2cc(c1)C(=O)N[C@H]([C@H](O)CNCc1cccc(C(C)C)c1)Cc1cccc(c1)OCCCCN2. The Kier molecular flexibility index (Phi) is 10.2. The Morgan fingerprint density at radius 3 is 2.72 bits per heavy atom. The number of benzene rings is 3. The Morgan fingerprint density at radius 1 is 1.05 bits per heavy atom. The third kappa shape index (κ3) is 8.47. The maximum absolute atomic E-state index is 13.5. The lowest BCUT2D eigenvalue weighted by Gasteiger charge is -2.25. The van der Waals surface area contributed by atoms with Gasteiger partial charge in [-0.15, -0.1) is 0 Å². The molecule has 0 spiro atoms. The van der Waals surface area contributed by atoms with Crippen LogP contribution in [0, 0.1) is 0 Å². The Hall–Kier alpha value is -3.55. The fraction of sp³-hybridized carbons (Fsp3) is 0.406. The van der Waals surface area contributed by atoms with Gasteiger partial charge in [-0.05, 0) is 72.2 Å². The molecule has 0 saturated heterocycles. The second-order valence-corrected chi connectivity index (χ2v) is 10.6. The van der Waals surface area contributed by atoms with Gasteiger partial charge in [0.1, 0.15) is 5.75 Å². The van der Waals surface area contributed by atoms with E-state index in [2.05, 4.69) is 59.4 Å². The van der Waals surface area contributed by atoms with E-state index in [1.165, 1.54) is 11.1 Å². The van der Waals surface area contributed by atoms with Crippen LogP contribution in [0.4, 0.5) is 11.4 Å². The summed E-state index contributed by atoms with van der Waals surface area (Å²) in [5, 5.41) is 24.3. The largest absolute Gasteiger partial charge is 0.494 e. The molecule has 39 heavy (non-hydrogen) atoms. The van der Waals surface area contributed by atoms with Gasteiger partial charge in [-0.1, -0.05) is 50.2 Å². The lowest BCUT2D eigenvalue weighted by atomic mass is 9.99. The van der Waals surface area contributed by atoms with E-state index in [1.54, 1.807) is 0 Å². The van der Waals surface area contributed by atoms with E-state index in [1.807, 2.05) is 49.5 Å². The monoisotopic (exact) mass is 530 g/mol. The summed E-state index contributed by atoms with van der Waals surface area (Å²) in [6.45, 7) is 6.77. The molecule has 1 heterocycles. The molecule has 1 aliphatic heterocycles. The number of amides is 1. The van der Waals surface area contributed by atoms with Gasteiger partial charge in [0.25, 0.3) is 5.91 Å². The highest BCUT2D eigenvalue weighted by atomic mass is 16.5. The van der Waals surface area contributed by atoms with Crippen LogP contribution in [0.2, 0.25) is 0 Å². The van der Waals surface area contributed by atoms with E-state index in [9.17, 15) is 9.90 Å². The van der Waals surface area contributed by atoms with E-state index in [0.29, 0.717) is 37.6 Å². The summed E-state index contributed by atoms with van der Waals surface area (Å²) in [4.78, 5) is 13.5. The fourth-order valence-electron chi connectivity index (χ4n) is 4.77. The molecule has 0 fully saturated rings. The summed E-state index contributed by atoms with van der Waals surface area (Å²) in [6.07, 6.45) is 1.55. The Balaban J connectivity index is 1.53. The molecule has 7 nitrogen and oxygen atoms in total. The van der Waals surface area contributed by atoms with Gasteiger partial charge in [0.05, 0.1) is 18.8 Å². The highest BCUT2D eigenvalue weighted by molar-refractivity contribution is 5.96. The van der Waals surface area contributed by atoms with Gasteiger partial charge >= 0.3 is 0 Å². The molecule has 3 aromatic carbocycles. The van der Waals surface area contributed by atoms with Crippen molar-refractivity contribution in [2.24, 2.45) is 0 Å². The molecule has 4 rings (SSSR count). The number of hydrogen-bond donors (Lipinski definition) is 5. The van der Waals surface area contributed by atoms with Crippen molar-refractivity contribution in [1.82, 2.24) is 10.6 Å². The van der Waals surface area contributed by atoms with Crippen LogP contribution < -0.4 is 26.0 Å². The van der Waals surface area contributed by atoms with E-state index in [-0.39, 0.29) is 5.91 Å². The van der Waals surface area contributed by atoms with Gasteiger partial charge in [-0.2, -0.15) is 0 Å². The summed E-state index contributed by atoms with van der Waals surface area (Å²) in [7, 11) is 1.84. The zero-order valence-corrected chi connectivity index (χ0v) is 23.3. The zero-order chi connectivity index (χ0) is 27.6. The van der Waals surface area contributed by atoms with Crippen molar-refractivity contribution in [1.29, 1.82) is 0 Å².